The van der Waals surface area contributed by atoms with Crippen molar-refractivity contribution in [2.24, 2.45) is 7.05 Å². The largest absolute Gasteiger partial charge is 0.448 e. The number of ether oxygens (including phenoxy) is 1. The minimum atomic E-state index is -0.821. The third-order valence-electron chi connectivity index (χ3n) is 2.24. The number of nitrogens with one attached hydrogen (secondary N) is 1. The van der Waals surface area contributed by atoms with E-state index in [1.165, 1.54) is 13.0 Å². The Morgan fingerprint density at radius 3 is 2.71 bits per heavy atom. The van der Waals surface area contributed by atoms with Crippen molar-refractivity contribution in [1.29, 1.82) is 0 Å². The molecule has 1 atom stereocenters. The first kappa shape index (κ1) is 13.1. The summed E-state index contributed by atoms with van der Waals surface area (Å²) in [4.78, 5) is 23.1. The normalized spacial score (nSPS) is 11.9. The number of rotatable bonds is 4. The predicted octanol–water partition coefficient (Wildman–Crippen LogP) is 0.289. The highest BCUT2D eigenvalue weighted by Crippen LogP contribution is 2.11. The molecule has 6 nitrogen and oxygen atoms in total. The SMILES string of the molecule is CCNC(=O)C(C)OC(=O)c1cc(N)cn1C. The van der Waals surface area contributed by atoms with Gasteiger partial charge in [0.05, 0.1) is 5.69 Å². The molecule has 1 heterocycles. The van der Waals surface area contributed by atoms with E-state index >= 15 is 0 Å². The lowest BCUT2D eigenvalue weighted by molar-refractivity contribution is -0.128. The number of hydrogen-bond acceptors (Lipinski definition) is 4. The number of aromatic nitrogens is 1. The molecule has 0 aliphatic heterocycles. The molecule has 1 unspecified atom stereocenters. The first-order valence-corrected chi connectivity index (χ1v) is 5.36. The monoisotopic (exact) mass is 239 g/mol. The van der Waals surface area contributed by atoms with Crippen molar-refractivity contribution < 1.29 is 14.3 Å². The molecule has 0 aliphatic rings. The Morgan fingerprint density at radius 2 is 2.24 bits per heavy atom. The van der Waals surface area contributed by atoms with Crippen LogP contribution in [0.15, 0.2) is 12.3 Å². The molecule has 0 aliphatic carbocycles. The van der Waals surface area contributed by atoms with E-state index in [0.29, 0.717) is 17.9 Å². The molecule has 0 fully saturated rings. The number of carbonyl (C=O) groups is 2. The molecule has 0 spiro atoms. The van der Waals surface area contributed by atoms with E-state index in [2.05, 4.69) is 5.32 Å². The summed E-state index contributed by atoms with van der Waals surface area (Å²) in [7, 11) is 1.68. The Bertz CT molecular complexity index is 426. The van der Waals surface area contributed by atoms with Crippen LogP contribution in [0.3, 0.4) is 0 Å². The van der Waals surface area contributed by atoms with Crippen LogP contribution in [-0.2, 0) is 16.6 Å². The number of carbonyl (C=O) groups excluding carboxylic acids is 2. The number of nitrogens with zero attached hydrogens (tertiary/aromatic N) is 1. The summed E-state index contributed by atoms with van der Waals surface area (Å²) >= 11 is 0. The van der Waals surface area contributed by atoms with Crippen LogP contribution in [0.1, 0.15) is 24.3 Å². The molecule has 1 rings (SSSR count). The maximum Gasteiger partial charge on any atom is 0.355 e. The second-order valence-electron chi connectivity index (χ2n) is 3.71. The van der Waals surface area contributed by atoms with E-state index in [0.717, 1.165) is 0 Å². The minimum Gasteiger partial charge on any atom is -0.448 e. The smallest absolute Gasteiger partial charge is 0.355 e. The summed E-state index contributed by atoms with van der Waals surface area (Å²) in [6.07, 6.45) is 0.784. The van der Waals surface area contributed by atoms with Gasteiger partial charge in [-0.15, -0.1) is 0 Å². The molecule has 1 amide bonds. The average molecular weight is 239 g/mol. The van der Waals surface area contributed by atoms with Crippen molar-refractivity contribution in [3.8, 4) is 0 Å². The number of nitrogens with two attached hydrogens (primary N) is 1. The number of likely N-dealkylation sites (N-methyl/N-ethyl adjacent to an activating group) is 1. The maximum absolute atomic E-state index is 11.7. The lowest BCUT2D eigenvalue weighted by Gasteiger charge is -2.12. The number of aryl methyl sites for hydroxylation is 1. The van der Waals surface area contributed by atoms with E-state index < -0.39 is 12.1 Å². The van der Waals surface area contributed by atoms with Crippen LogP contribution in [0.25, 0.3) is 0 Å². The summed E-state index contributed by atoms with van der Waals surface area (Å²) in [5.41, 5.74) is 6.34. The van der Waals surface area contributed by atoms with Gasteiger partial charge in [-0.1, -0.05) is 0 Å². The Hall–Kier alpha value is -1.98. The average Bonchev–Trinajstić information content (AvgIpc) is 2.58. The van der Waals surface area contributed by atoms with Crippen molar-refractivity contribution in [2.75, 3.05) is 12.3 Å². The number of amides is 1. The van der Waals surface area contributed by atoms with E-state index in [1.807, 2.05) is 0 Å². The minimum absolute atomic E-state index is 0.317. The summed E-state index contributed by atoms with van der Waals surface area (Å²) < 4.78 is 6.58. The zero-order chi connectivity index (χ0) is 13.0. The van der Waals surface area contributed by atoms with Crippen LogP contribution in [0.2, 0.25) is 0 Å². The highest BCUT2D eigenvalue weighted by molar-refractivity contribution is 5.91. The fourth-order valence-corrected chi connectivity index (χ4v) is 1.39. The molecule has 0 radical (unpaired) electrons. The lowest BCUT2D eigenvalue weighted by atomic mass is 10.3. The Balaban J connectivity index is 2.66. The van der Waals surface area contributed by atoms with Crippen LogP contribution in [0.5, 0.6) is 0 Å². The third kappa shape index (κ3) is 3.24. The van der Waals surface area contributed by atoms with Gasteiger partial charge < -0.3 is 20.4 Å². The van der Waals surface area contributed by atoms with Crippen LogP contribution in [-0.4, -0.2) is 29.1 Å². The first-order chi connectivity index (χ1) is 7.95. The topological polar surface area (TPSA) is 86.3 Å². The van der Waals surface area contributed by atoms with Crippen LogP contribution < -0.4 is 11.1 Å². The Kier molecular flexibility index (Phi) is 4.14. The zero-order valence-corrected chi connectivity index (χ0v) is 10.2. The van der Waals surface area contributed by atoms with Crippen LogP contribution in [0, 0.1) is 0 Å². The molecule has 0 saturated heterocycles. The van der Waals surface area contributed by atoms with Gasteiger partial charge in [0.25, 0.3) is 5.91 Å². The quantitative estimate of drug-likeness (QED) is 0.739. The number of nitrogen functional groups attached to an aromatic ring is 1. The summed E-state index contributed by atoms with van der Waals surface area (Å²) in [6, 6.07) is 1.51. The van der Waals surface area contributed by atoms with Crippen molar-refractivity contribution in [2.45, 2.75) is 20.0 Å². The van der Waals surface area contributed by atoms with E-state index in [-0.39, 0.29) is 5.91 Å². The second kappa shape index (κ2) is 5.38. The second-order valence-corrected chi connectivity index (χ2v) is 3.71. The summed E-state index contributed by atoms with van der Waals surface area (Å²) in [5.74, 6) is -0.883. The van der Waals surface area contributed by atoms with Crippen LogP contribution in [0.4, 0.5) is 5.69 Å². The third-order valence-corrected chi connectivity index (χ3v) is 2.24. The summed E-state index contributed by atoms with van der Waals surface area (Å²) in [5, 5.41) is 2.57. The molecular weight excluding hydrogens is 222 g/mol. The van der Waals surface area contributed by atoms with Crippen molar-refractivity contribution in [1.82, 2.24) is 9.88 Å². The van der Waals surface area contributed by atoms with Gasteiger partial charge in [-0.3, -0.25) is 4.79 Å². The molecule has 94 valence electrons. The molecule has 0 aromatic carbocycles. The van der Waals surface area contributed by atoms with E-state index in [4.69, 9.17) is 10.5 Å². The van der Waals surface area contributed by atoms with Gasteiger partial charge in [-0.05, 0) is 19.9 Å². The number of esters is 1. The fraction of sp³-hybridized carbons (Fsp3) is 0.455. The predicted molar refractivity (Wildman–Crippen MR) is 63.4 cm³/mol. The fourth-order valence-electron chi connectivity index (χ4n) is 1.39. The highest BCUT2D eigenvalue weighted by Gasteiger charge is 2.20. The maximum atomic E-state index is 11.7. The number of hydrogen-bond donors (Lipinski definition) is 2. The van der Waals surface area contributed by atoms with Gasteiger partial charge in [-0.25, -0.2) is 4.79 Å². The van der Waals surface area contributed by atoms with Crippen molar-refractivity contribution >= 4 is 17.6 Å². The van der Waals surface area contributed by atoms with Crippen LogP contribution >= 0.6 is 0 Å². The van der Waals surface area contributed by atoms with Gasteiger partial charge in [0.15, 0.2) is 6.10 Å². The lowest BCUT2D eigenvalue weighted by Crippen LogP contribution is -2.35. The van der Waals surface area contributed by atoms with Gasteiger partial charge in [0, 0.05) is 19.8 Å². The van der Waals surface area contributed by atoms with Crippen molar-refractivity contribution in [3.63, 3.8) is 0 Å². The molecule has 1 aromatic heterocycles. The van der Waals surface area contributed by atoms with E-state index in [1.54, 1.807) is 24.7 Å². The van der Waals surface area contributed by atoms with Crippen molar-refractivity contribution in [3.05, 3.63) is 18.0 Å². The van der Waals surface area contributed by atoms with Gasteiger partial charge in [-0.2, -0.15) is 0 Å². The molecule has 0 bridgehead atoms. The first-order valence-electron chi connectivity index (χ1n) is 5.36. The highest BCUT2D eigenvalue weighted by atomic mass is 16.5. The summed E-state index contributed by atoms with van der Waals surface area (Å²) in [6.45, 7) is 3.82. The molecule has 1 aromatic rings. The van der Waals surface area contributed by atoms with Gasteiger partial charge in [0.2, 0.25) is 0 Å². The number of anilines is 1. The standard InChI is InChI=1S/C11H17N3O3/c1-4-13-10(15)7(2)17-11(16)9-5-8(12)6-14(9)3/h5-7H,4,12H2,1-3H3,(H,13,15). The molecule has 6 heteroatoms. The molecule has 3 N–H and O–H groups in total. The zero-order valence-electron chi connectivity index (χ0n) is 10.2. The Labute approximate surface area is 99.7 Å². The Morgan fingerprint density at radius 1 is 1.59 bits per heavy atom. The molecule has 17 heavy (non-hydrogen) atoms. The molecular formula is C11H17N3O3. The van der Waals surface area contributed by atoms with E-state index in [9.17, 15) is 9.59 Å². The van der Waals surface area contributed by atoms with Gasteiger partial charge >= 0.3 is 5.97 Å². The molecule has 0 saturated carbocycles. The van der Waals surface area contributed by atoms with Gasteiger partial charge in [0.1, 0.15) is 5.69 Å².